The lowest BCUT2D eigenvalue weighted by Crippen LogP contribution is -2.62. The highest BCUT2D eigenvalue weighted by Gasteiger charge is 2.47. The van der Waals surface area contributed by atoms with E-state index >= 15 is 0 Å². The van der Waals surface area contributed by atoms with Crippen molar-refractivity contribution in [3.05, 3.63) is 35.7 Å². The molecule has 2 aliphatic rings. The molecule has 4 rings (SSSR count). The predicted octanol–water partition coefficient (Wildman–Crippen LogP) is 3.55. The molecule has 9 heteroatoms. The molecular weight excluding hydrogens is 402 g/mol. The summed E-state index contributed by atoms with van der Waals surface area (Å²) in [5, 5.41) is 10.9. The molecule has 3 heterocycles. The Bertz CT molecular complexity index is 1080. The number of amidine groups is 1. The van der Waals surface area contributed by atoms with Gasteiger partial charge >= 0.3 is 0 Å². The van der Waals surface area contributed by atoms with Crippen LogP contribution in [0.3, 0.4) is 0 Å². The quantitative estimate of drug-likeness (QED) is 0.754. The molecule has 0 aliphatic carbocycles. The third-order valence-corrected chi connectivity index (χ3v) is 7.57. The number of hydrogen-bond donors (Lipinski definition) is 2. The Morgan fingerprint density at radius 2 is 1.90 bits per heavy atom. The molecule has 2 aliphatic heterocycles. The second kappa shape index (κ2) is 7.09. The summed E-state index contributed by atoms with van der Waals surface area (Å²) in [6, 6.07) is 7.93. The van der Waals surface area contributed by atoms with E-state index in [1.807, 2.05) is 45.0 Å². The van der Waals surface area contributed by atoms with Crippen LogP contribution >= 0.6 is 0 Å². The zero-order valence-electron chi connectivity index (χ0n) is 18.1. The molecule has 1 saturated heterocycles. The second-order valence-corrected chi connectivity index (χ2v) is 11.0. The SMILES string of the molecule is Cc1noc(C)c1S(=O)(=O)N1CCCC2(C1)Nc1ccccc1NC2=NC(C)(C)C. The molecule has 2 N–H and O–H groups in total. The number of anilines is 2. The Labute approximate surface area is 177 Å². The largest absolute Gasteiger partial charge is 0.370 e. The van der Waals surface area contributed by atoms with Crippen molar-refractivity contribution in [2.24, 2.45) is 4.99 Å². The van der Waals surface area contributed by atoms with E-state index in [-0.39, 0.29) is 17.0 Å². The molecule has 0 bridgehead atoms. The number of aromatic nitrogens is 1. The van der Waals surface area contributed by atoms with Crippen LogP contribution in [0.15, 0.2) is 38.7 Å². The fraction of sp³-hybridized carbons (Fsp3) is 0.524. The maximum Gasteiger partial charge on any atom is 0.248 e. The zero-order valence-corrected chi connectivity index (χ0v) is 18.9. The number of hydrogen-bond acceptors (Lipinski definition) is 6. The number of aryl methyl sites for hydroxylation is 2. The molecule has 1 unspecified atom stereocenters. The summed E-state index contributed by atoms with van der Waals surface area (Å²) < 4.78 is 33.6. The zero-order chi connectivity index (χ0) is 21.7. The second-order valence-electron chi connectivity index (χ2n) is 9.10. The Balaban J connectivity index is 1.77. The molecular formula is C21H29N5O3S. The van der Waals surface area contributed by atoms with Crippen molar-refractivity contribution in [1.29, 1.82) is 0 Å². The summed E-state index contributed by atoms with van der Waals surface area (Å²) in [5.41, 5.74) is 1.33. The summed E-state index contributed by atoms with van der Waals surface area (Å²) in [6.07, 6.45) is 1.49. The molecule has 0 amide bonds. The van der Waals surface area contributed by atoms with Gasteiger partial charge in [-0.1, -0.05) is 17.3 Å². The van der Waals surface area contributed by atoms with Gasteiger partial charge in [0.2, 0.25) is 10.0 Å². The fourth-order valence-corrected chi connectivity index (χ4v) is 6.05. The van der Waals surface area contributed by atoms with Crippen molar-refractivity contribution < 1.29 is 12.9 Å². The first-order valence-electron chi connectivity index (χ1n) is 10.2. The van der Waals surface area contributed by atoms with E-state index in [2.05, 4.69) is 15.8 Å². The first-order valence-corrected chi connectivity index (χ1v) is 11.6. The molecule has 162 valence electrons. The van der Waals surface area contributed by atoms with Crippen LogP contribution in [0.5, 0.6) is 0 Å². The molecule has 1 atom stereocenters. The molecule has 2 aromatic rings. The number of aliphatic imine (C=N–C) groups is 1. The number of para-hydroxylation sites is 2. The van der Waals surface area contributed by atoms with Gasteiger partial charge in [-0.15, -0.1) is 0 Å². The number of rotatable bonds is 2. The highest BCUT2D eigenvalue weighted by Crippen LogP contribution is 2.38. The van der Waals surface area contributed by atoms with Crippen LogP contribution in [0, 0.1) is 13.8 Å². The van der Waals surface area contributed by atoms with Gasteiger partial charge in [-0.05, 0) is 59.6 Å². The van der Waals surface area contributed by atoms with Crippen LogP contribution in [-0.4, -0.2) is 47.9 Å². The summed E-state index contributed by atoms with van der Waals surface area (Å²) in [6.45, 7) is 10.1. The minimum atomic E-state index is -3.75. The number of fused-ring (bicyclic) bond motifs is 1. The molecule has 1 spiro atoms. The summed E-state index contributed by atoms with van der Waals surface area (Å²) in [4.78, 5) is 5.11. The average Bonchev–Trinajstić information content (AvgIpc) is 3.00. The van der Waals surface area contributed by atoms with Crippen molar-refractivity contribution in [2.45, 2.75) is 63.4 Å². The van der Waals surface area contributed by atoms with E-state index in [0.717, 1.165) is 23.6 Å². The van der Waals surface area contributed by atoms with Gasteiger partial charge in [0, 0.05) is 13.1 Å². The fourth-order valence-electron chi connectivity index (χ4n) is 4.22. The lowest BCUT2D eigenvalue weighted by molar-refractivity contribution is 0.292. The van der Waals surface area contributed by atoms with Crippen molar-refractivity contribution in [3.63, 3.8) is 0 Å². The monoisotopic (exact) mass is 431 g/mol. The average molecular weight is 432 g/mol. The lowest BCUT2D eigenvalue weighted by Gasteiger charge is -2.47. The highest BCUT2D eigenvalue weighted by atomic mass is 32.2. The molecule has 8 nitrogen and oxygen atoms in total. The molecule has 1 aromatic heterocycles. The number of piperidine rings is 1. The number of nitrogens with one attached hydrogen (secondary N) is 2. The third-order valence-electron chi connectivity index (χ3n) is 5.48. The van der Waals surface area contributed by atoms with Gasteiger partial charge in [-0.2, -0.15) is 4.31 Å². The highest BCUT2D eigenvalue weighted by molar-refractivity contribution is 7.89. The topological polar surface area (TPSA) is 99.8 Å². The Kier molecular flexibility index (Phi) is 4.93. The maximum atomic E-state index is 13.5. The normalized spacial score (nSPS) is 23.8. The number of sulfonamides is 1. The smallest absolute Gasteiger partial charge is 0.248 e. The van der Waals surface area contributed by atoms with Crippen molar-refractivity contribution in [2.75, 3.05) is 23.7 Å². The van der Waals surface area contributed by atoms with Crippen LogP contribution in [0.25, 0.3) is 0 Å². The first kappa shape index (κ1) is 20.9. The Hall–Kier alpha value is -2.39. The van der Waals surface area contributed by atoms with Crippen molar-refractivity contribution in [3.8, 4) is 0 Å². The molecule has 0 saturated carbocycles. The van der Waals surface area contributed by atoms with Gasteiger partial charge in [0.15, 0.2) is 5.76 Å². The Morgan fingerprint density at radius 3 is 2.53 bits per heavy atom. The number of benzene rings is 1. The van der Waals surface area contributed by atoms with Gasteiger partial charge in [0.25, 0.3) is 0 Å². The molecule has 30 heavy (non-hydrogen) atoms. The number of nitrogens with zero attached hydrogens (tertiary/aromatic N) is 3. The maximum absolute atomic E-state index is 13.5. The van der Waals surface area contributed by atoms with Crippen molar-refractivity contribution >= 4 is 27.2 Å². The molecule has 1 aromatic carbocycles. The van der Waals surface area contributed by atoms with Gasteiger partial charge in [0.05, 0.1) is 16.9 Å². The predicted molar refractivity (Wildman–Crippen MR) is 118 cm³/mol. The van der Waals surface area contributed by atoms with E-state index in [1.54, 1.807) is 13.8 Å². The summed E-state index contributed by atoms with van der Waals surface area (Å²) in [5.74, 6) is 1.09. The van der Waals surface area contributed by atoms with Crippen LogP contribution in [0.1, 0.15) is 45.1 Å². The van der Waals surface area contributed by atoms with Gasteiger partial charge in [0.1, 0.15) is 22.0 Å². The molecule has 0 radical (unpaired) electrons. The van der Waals surface area contributed by atoms with Crippen LogP contribution in [-0.2, 0) is 10.0 Å². The first-order chi connectivity index (χ1) is 14.0. The van der Waals surface area contributed by atoms with E-state index in [4.69, 9.17) is 9.52 Å². The van der Waals surface area contributed by atoms with Crippen LogP contribution in [0.4, 0.5) is 11.4 Å². The van der Waals surface area contributed by atoms with Gasteiger partial charge in [-0.3, -0.25) is 4.99 Å². The minimum Gasteiger partial charge on any atom is -0.370 e. The van der Waals surface area contributed by atoms with Crippen molar-refractivity contribution in [1.82, 2.24) is 9.46 Å². The van der Waals surface area contributed by atoms with E-state index < -0.39 is 15.6 Å². The Morgan fingerprint density at radius 1 is 1.20 bits per heavy atom. The summed E-state index contributed by atoms with van der Waals surface area (Å²) >= 11 is 0. The standard InChI is InChI=1S/C21H29N5O3S/c1-14-18(15(2)29-25-14)30(27,28)26-12-8-11-21(13-26)19(24-20(3,4)5)22-16-9-6-7-10-17(16)23-21/h6-7,9-10,23H,8,11-13H2,1-5H3,(H,22,24). The van der Waals surface area contributed by atoms with E-state index in [9.17, 15) is 8.42 Å². The van der Waals surface area contributed by atoms with E-state index in [1.165, 1.54) is 4.31 Å². The lowest BCUT2D eigenvalue weighted by atomic mass is 9.85. The summed E-state index contributed by atoms with van der Waals surface area (Å²) in [7, 11) is -3.75. The van der Waals surface area contributed by atoms with Crippen LogP contribution < -0.4 is 10.6 Å². The minimum absolute atomic E-state index is 0.165. The molecule has 1 fully saturated rings. The van der Waals surface area contributed by atoms with Gasteiger partial charge in [-0.25, -0.2) is 8.42 Å². The third kappa shape index (κ3) is 3.60. The van der Waals surface area contributed by atoms with Crippen LogP contribution in [0.2, 0.25) is 0 Å². The van der Waals surface area contributed by atoms with E-state index in [0.29, 0.717) is 24.4 Å². The van der Waals surface area contributed by atoms with Gasteiger partial charge < -0.3 is 15.2 Å².